The number of nitrogens with zero attached hydrogens (tertiary/aromatic N) is 1. The number of nitrogens with one attached hydrogen (secondary N) is 1. The number of carbonyl (C=O) groups is 1. The van der Waals surface area contributed by atoms with Crippen molar-refractivity contribution >= 4 is 6.09 Å². The van der Waals surface area contributed by atoms with Gasteiger partial charge in [-0.25, -0.2) is 4.79 Å². The molecule has 0 fully saturated rings. The summed E-state index contributed by atoms with van der Waals surface area (Å²) in [6, 6.07) is 1.80. The van der Waals surface area contributed by atoms with E-state index in [1.807, 2.05) is 20.8 Å². The predicted octanol–water partition coefficient (Wildman–Crippen LogP) is 1.80. The van der Waals surface area contributed by atoms with Gasteiger partial charge < -0.3 is 10.1 Å². The highest BCUT2D eigenvalue weighted by Gasteiger charge is 2.11. The molecule has 1 amide bonds. The molecule has 72 valence electrons. The molecule has 0 atom stereocenters. The molecule has 13 heavy (non-hydrogen) atoms. The van der Waals surface area contributed by atoms with Gasteiger partial charge in [0.1, 0.15) is 6.07 Å². The number of rotatable bonds is 1. The van der Waals surface area contributed by atoms with E-state index in [2.05, 4.69) is 10.1 Å². The molecule has 0 radical (unpaired) electrons. The van der Waals surface area contributed by atoms with Gasteiger partial charge in [-0.15, -0.1) is 0 Å². The van der Waals surface area contributed by atoms with Crippen LogP contribution in [0.4, 0.5) is 4.79 Å². The fourth-order valence-electron chi connectivity index (χ4n) is 0.629. The van der Waals surface area contributed by atoms with Crippen LogP contribution in [-0.4, -0.2) is 13.1 Å². The second kappa shape index (κ2) is 4.51. The van der Waals surface area contributed by atoms with Crippen molar-refractivity contribution in [1.29, 1.82) is 5.26 Å². The third-order valence-corrected chi connectivity index (χ3v) is 1.08. The lowest BCUT2D eigenvalue weighted by Crippen LogP contribution is -2.19. The van der Waals surface area contributed by atoms with E-state index in [4.69, 9.17) is 5.26 Å². The van der Waals surface area contributed by atoms with Crippen LogP contribution in [0.5, 0.6) is 0 Å². The first-order chi connectivity index (χ1) is 5.89. The van der Waals surface area contributed by atoms with Crippen LogP contribution in [-0.2, 0) is 4.74 Å². The maximum atomic E-state index is 10.7. The Morgan fingerprint density at radius 2 is 2.08 bits per heavy atom. The highest BCUT2D eigenvalue weighted by molar-refractivity contribution is 5.68. The van der Waals surface area contributed by atoms with E-state index in [1.54, 1.807) is 12.1 Å². The summed E-state index contributed by atoms with van der Waals surface area (Å²) in [5.41, 5.74) is -0.181. The lowest BCUT2D eigenvalue weighted by Gasteiger charge is -2.12. The molecule has 0 spiro atoms. The molecule has 0 aromatic rings. The number of hydrogen-bond donors (Lipinski definition) is 1. The van der Waals surface area contributed by atoms with Crippen molar-refractivity contribution in [3.63, 3.8) is 0 Å². The highest BCUT2D eigenvalue weighted by Crippen LogP contribution is 2.17. The standard InChI is InChI=1S/C9H14N2O2/c1-9(2,3)5-7(6-10)13-8(12)11-4/h5H,1-4H3,(H,11,12). The van der Waals surface area contributed by atoms with E-state index in [1.165, 1.54) is 7.05 Å². The van der Waals surface area contributed by atoms with Crippen molar-refractivity contribution < 1.29 is 9.53 Å². The van der Waals surface area contributed by atoms with Crippen LogP contribution in [0, 0.1) is 16.7 Å². The third-order valence-electron chi connectivity index (χ3n) is 1.08. The molecule has 0 aromatic heterocycles. The fraction of sp³-hybridized carbons (Fsp3) is 0.556. The molecule has 0 aliphatic rings. The zero-order valence-electron chi connectivity index (χ0n) is 8.34. The lowest BCUT2D eigenvalue weighted by molar-refractivity contribution is 0.181. The van der Waals surface area contributed by atoms with Crippen LogP contribution in [0.1, 0.15) is 20.8 Å². The largest absolute Gasteiger partial charge is 0.413 e. The first-order valence-electron chi connectivity index (χ1n) is 3.91. The number of carbonyl (C=O) groups excluding carboxylic acids is 1. The van der Waals surface area contributed by atoms with Crippen molar-refractivity contribution in [1.82, 2.24) is 5.32 Å². The Morgan fingerprint density at radius 3 is 2.38 bits per heavy atom. The van der Waals surface area contributed by atoms with Crippen molar-refractivity contribution in [2.75, 3.05) is 7.05 Å². The van der Waals surface area contributed by atoms with Gasteiger partial charge in [-0.3, -0.25) is 0 Å². The van der Waals surface area contributed by atoms with Gasteiger partial charge in [-0.2, -0.15) is 5.26 Å². The Labute approximate surface area is 78.2 Å². The second-order valence-electron chi connectivity index (χ2n) is 3.63. The van der Waals surface area contributed by atoms with Gasteiger partial charge in [-0.1, -0.05) is 20.8 Å². The van der Waals surface area contributed by atoms with E-state index in [9.17, 15) is 4.79 Å². The Balaban J connectivity index is 4.47. The minimum absolute atomic E-state index is 0.0202. The van der Waals surface area contributed by atoms with Crippen LogP contribution in [0.3, 0.4) is 0 Å². The normalized spacial score (nSPS) is 11.8. The molecule has 0 aliphatic carbocycles. The van der Waals surface area contributed by atoms with Crippen LogP contribution in [0.15, 0.2) is 11.8 Å². The summed E-state index contributed by atoms with van der Waals surface area (Å²) in [5.74, 6) is 0.0202. The van der Waals surface area contributed by atoms with E-state index < -0.39 is 6.09 Å². The van der Waals surface area contributed by atoms with Gasteiger partial charge in [0.15, 0.2) is 0 Å². The zero-order chi connectivity index (χ0) is 10.5. The maximum Gasteiger partial charge on any atom is 0.413 e. The first-order valence-corrected chi connectivity index (χ1v) is 3.91. The van der Waals surface area contributed by atoms with Crippen LogP contribution < -0.4 is 5.32 Å². The smallest absolute Gasteiger partial charge is 0.399 e. The third kappa shape index (κ3) is 5.74. The Hall–Kier alpha value is -1.50. The molecular weight excluding hydrogens is 168 g/mol. The van der Waals surface area contributed by atoms with E-state index in [-0.39, 0.29) is 11.2 Å². The molecule has 0 aromatic carbocycles. The molecule has 0 rings (SSSR count). The molecule has 0 unspecified atom stereocenters. The molecule has 0 heterocycles. The number of alkyl carbamates (subject to hydrolysis) is 1. The minimum atomic E-state index is -0.628. The van der Waals surface area contributed by atoms with Crippen molar-refractivity contribution in [2.45, 2.75) is 20.8 Å². The molecule has 0 bridgehead atoms. The van der Waals surface area contributed by atoms with Crippen LogP contribution in [0.2, 0.25) is 0 Å². The van der Waals surface area contributed by atoms with Crippen LogP contribution in [0.25, 0.3) is 0 Å². The van der Waals surface area contributed by atoms with Crippen LogP contribution >= 0.6 is 0 Å². The Kier molecular flexibility index (Phi) is 3.99. The lowest BCUT2D eigenvalue weighted by atomic mass is 9.96. The van der Waals surface area contributed by atoms with Gasteiger partial charge in [0.25, 0.3) is 0 Å². The minimum Gasteiger partial charge on any atom is -0.399 e. The number of hydrogen-bond acceptors (Lipinski definition) is 3. The number of nitriles is 1. The van der Waals surface area contributed by atoms with Gasteiger partial charge in [-0.05, 0) is 11.5 Å². The van der Waals surface area contributed by atoms with E-state index >= 15 is 0 Å². The average molecular weight is 182 g/mol. The average Bonchev–Trinajstić information content (AvgIpc) is 2.00. The predicted molar refractivity (Wildman–Crippen MR) is 48.7 cm³/mol. The second-order valence-corrected chi connectivity index (χ2v) is 3.63. The number of amides is 1. The molecule has 4 heteroatoms. The van der Waals surface area contributed by atoms with Gasteiger partial charge in [0.05, 0.1) is 0 Å². The Morgan fingerprint density at radius 1 is 1.54 bits per heavy atom. The molecule has 0 saturated heterocycles. The summed E-state index contributed by atoms with van der Waals surface area (Å²) in [7, 11) is 1.44. The van der Waals surface area contributed by atoms with Crippen molar-refractivity contribution in [3.05, 3.63) is 11.8 Å². The topological polar surface area (TPSA) is 62.1 Å². The number of allylic oxidation sites excluding steroid dienone is 2. The monoisotopic (exact) mass is 182 g/mol. The summed E-state index contributed by atoms with van der Waals surface area (Å²) >= 11 is 0. The quantitative estimate of drug-likeness (QED) is 0.496. The van der Waals surface area contributed by atoms with Gasteiger partial charge in [0.2, 0.25) is 5.76 Å². The Bertz CT molecular complexity index is 256. The number of ether oxygens (including phenoxy) is 1. The SMILES string of the molecule is CNC(=O)OC(C#N)=CC(C)(C)C. The summed E-state index contributed by atoms with van der Waals surface area (Å²) in [4.78, 5) is 10.7. The van der Waals surface area contributed by atoms with E-state index in [0.29, 0.717) is 0 Å². The summed E-state index contributed by atoms with van der Waals surface area (Å²) in [5, 5.41) is 10.9. The van der Waals surface area contributed by atoms with Gasteiger partial charge >= 0.3 is 6.09 Å². The summed E-state index contributed by atoms with van der Waals surface area (Å²) in [6.45, 7) is 5.74. The summed E-state index contributed by atoms with van der Waals surface area (Å²) in [6.07, 6.45) is 0.972. The molecule has 0 saturated carbocycles. The molecule has 1 N–H and O–H groups in total. The molecular formula is C9H14N2O2. The maximum absolute atomic E-state index is 10.7. The zero-order valence-corrected chi connectivity index (χ0v) is 8.34. The first kappa shape index (κ1) is 11.5. The fourth-order valence-corrected chi connectivity index (χ4v) is 0.629. The van der Waals surface area contributed by atoms with Gasteiger partial charge in [0, 0.05) is 7.05 Å². The summed E-state index contributed by atoms with van der Waals surface area (Å²) < 4.78 is 4.67. The molecule has 4 nitrogen and oxygen atoms in total. The van der Waals surface area contributed by atoms with Crippen molar-refractivity contribution in [3.8, 4) is 6.07 Å². The van der Waals surface area contributed by atoms with Crippen molar-refractivity contribution in [2.24, 2.45) is 5.41 Å². The van der Waals surface area contributed by atoms with E-state index in [0.717, 1.165) is 0 Å². The molecule has 0 aliphatic heterocycles. The highest BCUT2D eigenvalue weighted by atomic mass is 16.6.